The van der Waals surface area contributed by atoms with Crippen LogP contribution in [-0.2, 0) is 0 Å². The van der Waals surface area contributed by atoms with Crippen LogP contribution in [0.25, 0.3) is 10.9 Å². The number of aromatic nitrogens is 2. The molecule has 0 fully saturated rings. The van der Waals surface area contributed by atoms with E-state index in [1.165, 1.54) is 5.56 Å². The average molecular weight is 271 g/mol. The minimum atomic E-state index is -0.0106. The summed E-state index contributed by atoms with van der Waals surface area (Å²) in [6.07, 6.45) is 2.70. The van der Waals surface area contributed by atoms with Crippen LogP contribution in [0.3, 0.4) is 0 Å². The van der Waals surface area contributed by atoms with E-state index in [0.717, 1.165) is 23.1 Å². The van der Waals surface area contributed by atoms with Gasteiger partial charge < -0.3 is 5.32 Å². The number of rotatable bonds is 3. The highest BCUT2D eigenvalue weighted by Crippen LogP contribution is 2.31. The third-order valence-corrected chi connectivity index (χ3v) is 3.22. The molecule has 1 aromatic heterocycles. The van der Waals surface area contributed by atoms with E-state index in [4.69, 9.17) is 0 Å². The monoisotopic (exact) mass is 271 g/mol. The van der Waals surface area contributed by atoms with Gasteiger partial charge in [-0.2, -0.15) is 0 Å². The molecule has 0 radical (unpaired) electrons. The molecule has 0 saturated carbocycles. The molecule has 1 N–H and O–H groups in total. The lowest BCUT2D eigenvalue weighted by atomic mass is 9.82. The molecular weight excluding hydrogens is 246 g/mol. The van der Waals surface area contributed by atoms with Gasteiger partial charge in [-0.05, 0) is 44.7 Å². The molecule has 0 spiro atoms. The fraction of sp³-hybridized carbons (Fsp3) is 0.529. The van der Waals surface area contributed by atoms with Crippen LogP contribution in [0.5, 0.6) is 0 Å². The molecule has 0 unspecified atom stereocenters. The first kappa shape index (κ1) is 14.8. The van der Waals surface area contributed by atoms with Crippen LogP contribution in [0.2, 0.25) is 0 Å². The predicted molar refractivity (Wildman–Crippen MR) is 86.0 cm³/mol. The van der Waals surface area contributed by atoms with Crippen molar-refractivity contribution in [3.8, 4) is 0 Å². The van der Waals surface area contributed by atoms with E-state index < -0.39 is 0 Å². The van der Waals surface area contributed by atoms with Gasteiger partial charge in [0.15, 0.2) is 0 Å². The number of nitrogens with zero attached hydrogens (tertiary/aromatic N) is 2. The standard InChI is InChI=1S/C17H25N3/c1-12-7-8-14-13(9-12)15(19-11-18-14)20-17(5,6)10-16(2,3)4/h7-9,11H,10H2,1-6H3,(H,18,19,20). The van der Waals surface area contributed by atoms with Crippen LogP contribution in [0.15, 0.2) is 24.5 Å². The van der Waals surface area contributed by atoms with E-state index in [9.17, 15) is 0 Å². The first-order valence-electron chi connectivity index (χ1n) is 7.16. The van der Waals surface area contributed by atoms with Gasteiger partial charge in [0.1, 0.15) is 12.1 Å². The molecule has 0 saturated heterocycles. The van der Waals surface area contributed by atoms with Crippen LogP contribution in [0.4, 0.5) is 5.82 Å². The highest BCUT2D eigenvalue weighted by molar-refractivity contribution is 5.89. The molecule has 0 aliphatic carbocycles. The first-order valence-corrected chi connectivity index (χ1v) is 7.16. The lowest BCUT2D eigenvalue weighted by Crippen LogP contribution is -2.35. The van der Waals surface area contributed by atoms with Gasteiger partial charge in [-0.15, -0.1) is 0 Å². The van der Waals surface area contributed by atoms with Crippen molar-refractivity contribution in [1.29, 1.82) is 0 Å². The Kier molecular flexibility index (Phi) is 3.72. The van der Waals surface area contributed by atoms with Gasteiger partial charge in [-0.3, -0.25) is 0 Å². The second-order valence-electron chi connectivity index (χ2n) is 7.49. The molecule has 0 aliphatic rings. The van der Waals surface area contributed by atoms with Crippen molar-refractivity contribution in [2.75, 3.05) is 5.32 Å². The normalized spacial score (nSPS) is 12.7. The molecule has 2 aromatic rings. The van der Waals surface area contributed by atoms with E-state index in [0.29, 0.717) is 0 Å². The first-order chi connectivity index (χ1) is 9.16. The van der Waals surface area contributed by atoms with Gasteiger partial charge in [-0.25, -0.2) is 9.97 Å². The van der Waals surface area contributed by atoms with E-state index in [1.807, 2.05) is 6.07 Å². The number of nitrogens with one attached hydrogen (secondary N) is 1. The fourth-order valence-electron chi connectivity index (χ4n) is 2.96. The maximum Gasteiger partial charge on any atom is 0.137 e. The van der Waals surface area contributed by atoms with Gasteiger partial charge in [0.05, 0.1) is 5.52 Å². The maximum absolute atomic E-state index is 4.44. The number of fused-ring (bicyclic) bond motifs is 1. The molecule has 0 atom stereocenters. The van der Waals surface area contributed by atoms with Crippen LogP contribution in [0, 0.1) is 12.3 Å². The van der Waals surface area contributed by atoms with Crippen molar-refractivity contribution < 1.29 is 0 Å². The molecule has 1 aromatic carbocycles. The average Bonchev–Trinajstić information content (AvgIpc) is 2.26. The van der Waals surface area contributed by atoms with Crippen LogP contribution in [0.1, 0.15) is 46.6 Å². The number of aryl methyl sites for hydroxylation is 1. The zero-order valence-electron chi connectivity index (χ0n) is 13.4. The van der Waals surface area contributed by atoms with Crippen molar-refractivity contribution in [2.45, 2.75) is 53.5 Å². The van der Waals surface area contributed by atoms with Gasteiger partial charge in [0, 0.05) is 10.9 Å². The summed E-state index contributed by atoms with van der Waals surface area (Å²) in [5.41, 5.74) is 2.47. The Balaban J connectivity index is 2.36. The molecular formula is C17H25N3. The molecule has 108 valence electrons. The van der Waals surface area contributed by atoms with E-state index in [1.54, 1.807) is 6.33 Å². The van der Waals surface area contributed by atoms with Gasteiger partial charge in [0.2, 0.25) is 0 Å². The third-order valence-electron chi connectivity index (χ3n) is 3.22. The van der Waals surface area contributed by atoms with E-state index in [2.05, 4.69) is 69.0 Å². The van der Waals surface area contributed by atoms with Crippen LogP contribution < -0.4 is 5.32 Å². The van der Waals surface area contributed by atoms with Crippen LogP contribution in [-0.4, -0.2) is 15.5 Å². The largest absolute Gasteiger partial charge is 0.365 e. The van der Waals surface area contributed by atoms with E-state index >= 15 is 0 Å². The SMILES string of the molecule is Cc1ccc2ncnc(NC(C)(C)CC(C)(C)C)c2c1. The summed E-state index contributed by atoms with van der Waals surface area (Å²) in [6, 6.07) is 6.28. The quantitative estimate of drug-likeness (QED) is 0.889. The molecule has 20 heavy (non-hydrogen) atoms. The zero-order chi connectivity index (χ0) is 15.0. The molecule has 0 amide bonds. The van der Waals surface area contributed by atoms with Crippen molar-refractivity contribution in [1.82, 2.24) is 9.97 Å². The molecule has 0 aliphatic heterocycles. The van der Waals surface area contributed by atoms with E-state index in [-0.39, 0.29) is 11.0 Å². The third kappa shape index (κ3) is 3.69. The lowest BCUT2D eigenvalue weighted by molar-refractivity contribution is 0.302. The predicted octanol–water partition coefficient (Wildman–Crippen LogP) is 4.56. The number of hydrogen-bond acceptors (Lipinski definition) is 3. The van der Waals surface area contributed by atoms with Crippen molar-refractivity contribution >= 4 is 16.7 Å². The molecule has 3 heteroatoms. The summed E-state index contributed by atoms with van der Waals surface area (Å²) in [5.74, 6) is 0.924. The van der Waals surface area contributed by atoms with Crippen molar-refractivity contribution in [3.05, 3.63) is 30.1 Å². The Labute approximate surface area is 121 Å². The fourth-order valence-corrected chi connectivity index (χ4v) is 2.96. The molecule has 1 heterocycles. The zero-order valence-corrected chi connectivity index (χ0v) is 13.4. The highest BCUT2D eigenvalue weighted by atomic mass is 15.1. The topological polar surface area (TPSA) is 37.8 Å². The summed E-state index contributed by atoms with van der Waals surface area (Å²) >= 11 is 0. The molecule has 0 bridgehead atoms. The Morgan fingerprint density at radius 2 is 1.75 bits per heavy atom. The van der Waals surface area contributed by atoms with Gasteiger partial charge in [0.25, 0.3) is 0 Å². The lowest BCUT2D eigenvalue weighted by Gasteiger charge is -2.34. The smallest absolute Gasteiger partial charge is 0.137 e. The van der Waals surface area contributed by atoms with Crippen molar-refractivity contribution in [2.24, 2.45) is 5.41 Å². The minimum absolute atomic E-state index is 0.0106. The summed E-state index contributed by atoms with van der Waals surface area (Å²) in [6.45, 7) is 13.3. The molecule has 2 rings (SSSR count). The molecule has 3 nitrogen and oxygen atoms in total. The Hall–Kier alpha value is -1.64. The highest BCUT2D eigenvalue weighted by Gasteiger charge is 2.26. The maximum atomic E-state index is 4.44. The minimum Gasteiger partial charge on any atom is -0.365 e. The summed E-state index contributed by atoms with van der Waals surface area (Å²) < 4.78 is 0. The second-order valence-corrected chi connectivity index (χ2v) is 7.49. The Morgan fingerprint density at radius 1 is 1.05 bits per heavy atom. The van der Waals surface area contributed by atoms with Gasteiger partial charge >= 0.3 is 0 Å². The summed E-state index contributed by atoms with van der Waals surface area (Å²) in [5, 5.41) is 4.69. The van der Waals surface area contributed by atoms with Crippen LogP contribution >= 0.6 is 0 Å². The number of hydrogen-bond donors (Lipinski definition) is 1. The Bertz CT molecular complexity index is 609. The Morgan fingerprint density at radius 3 is 2.40 bits per heavy atom. The number of anilines is 1. The number of benzene rings is 1. The summed E-state index contributed by atoms with van der Waals surface area (Å²) in [4.78, 5) is 8.78. The van der Waals surface area contributed by atoms with Gasteiger partial charge in [-0.1, -0.05) is 32.4 Å². The second kappa shape index (κ2) is 5.04. The summed E-state index contributed by atoms with van der Waals surface area (Å²) in [7, 11) is 0. The van der Waals surface area contributed by atoms with Crippen molar-refractivity contribution in [3.63, 3.8) is 0 Å².